The van der Waals surface area contributed by atoms with Gasteiger partial charge in [-0.1, -0.05) is 0 Å². The number of rotatable bonds is 0. The maximum atomic E-state index is 12.3. The zero-order valence-electron chi connectivity index (χ0n) is 5.08. The fourth-order valence-corrected chi connectivity index (χ4v) is 0.918. The van der Waals surface area contributed by atoms with Crippen molar-refractivity contribution in [2.45, 2.75) is 31.6 Å². The number of alkyl halides is 2. The van der Waals surface area contributed by atoms with E-state index < -0.39 is 5.92 Å². The molecule has 3 heteroatoms. The Kier molecular flexibility index (Phi) is 1.51. The van der Waals surface area contributed by atoms with Gasteiger partial charge in [-0.25, -0.2) is 8.78 Å². The predicted molar refractivity (Wildman–Crippen MR) is 31.1 cm³/mol. The molecular formula is C6H9F2N. The summed E-state index contributed by atoms with van der Waals surface area (Å²) in [5.41, 5.74) is 0.473. The lowest BCUT2D eigenvalue weighted by Gasteiger charge is -2.21. The molecule has 0 amide bonds. The second kappa shape index (κ2) is 2.05. The van der Waals surface area contributed by atoms with Crippen LogP contribution in [0.15, 0.2) is 0 Å². The molecule has 1 rings (SSSR count). The topological polar surface area (TPSA) is 23.9 Å². The van der Waals surface area contributed by atoms with Crippen molar-refractivity contribution < 1.29 is 8.78 Å². The second-order valence-electron chi connectivity index (χ2n) is 2.46. The molecule has 0 aromatic carbocycles. The summed E-state index contributed by atoms with van der Waals surface area (Å²) in [6, 6.07) is 0. The summed E-state index contributed by atoms with van der Waals surface area (Å²) >= 11 is 0. The average Bonchev–Trinajstić information content (AvgIpc) is 1.78. The molecule has 1 nitrogen and oxygen atoms in total. The summed E-state index contributed by atoms with van der Waals surface area (Å²) < 4.78 is 24.6. The van der Waals surface area contributed by atoms with Crippen LogP contribution in [-0.4, -0.2) is 11.6 Å². The minimum Gasteiger partial charge on any atom is -0.310 e. The number of hydrogen-bond acceptors (Lipinski definition) is 1. The van der Waals surface area contributed by atoms with Gasteiger partial charge in [0.15, 0.2) is 0 Å². The normalized spacial score (nSPS) is 26.2. The summed E-state index contributed by atoms with van der Waals surface area (Å²) in [5, 5.41) is 7.03. The molecule has 9 heavy (non-hydrogen) atoms. The monoisotopic (exact) mass is 133 g/mol. The van der Waals surface area contributed by atoms with Crippen LogP contribution in [0.4, 0.5) is 8.78 Å². The highest BCUT2D eigenvalue weighted by atomic mass is 19.3. The Morgan fingerprint density at radius 2 is 1.67 bits per heavy atom. The van der Waals surface area contributed by atoms with E-state index in [1.165, 1.54) is 0 Å². The van der Waals surface area contributed by atoms with Gasteiger partial charge in [-0.15, -0.1) is 0 Å². The molecule has 1 aliphatic rings. The summed E-state index contributed by atoms with van der Waals surface area (Å²) in [5.74, 6) is -2.48. The molecule has 0 aliphatic heterocycles. The zero-order chi connectivity index (χ0) is 6.91. The van der Waals surface area contributed by atoms with Crippen LogP contribution in [0.2, 0.25) is 0 Å². The van der Waals surface area contributed by atoms with Gasteiger partial charge >= 0.3 is 0 Å². The van der Waals surface area contributed by atoms with Crippen molar-refractivity contribution in [3.63, 3.8) is 0 Å². The smallest absolute Gasteiger partial charge is 0.248 e. The van der Waals surface area contributed by atoms with Crippen molar-refractivity contribution >= 4 is 5.71 Å². The highest BCUT2D eigenvalue weighted by Gasteiger charge is 2.32. The van der Waals surface area contributed by atoms with E-state index in [9.17, 15) is 8.78 Å². The molecule has 0 heterocycles. The minimum atomic E-state index is -2.48. The van der Waals surface area contributed by atoms with Crippen LogP contribution >= 0.6 is 0 Å². The lowest BCUT2D eigenvalue weighted by Crippen LogP contribution is -2.23. The van der Waals surface area contributed by atoms with E-state index in [0.717, 1.165) is 0 Å². The van der Waals surface area contributed by atoms with Crippen molar-refractivity contribution in [3.8, 4) is 0 Å². The number of halogens is 2. The Labute approximate surface area is 52.6 Å². The van der Waals surface area contributed by atoms with Gasteiger partial charge in [-0.05, 0) is 12.8 Å². The molecule has 1 N–H and O–H groups in total. The first-order chi connectivity index (χ1) is 4.10. The van der Waals surface area contributed by atoms with Crippen LogP contribution in [0, 0.1) is 5.41 Å². The Bertz CT molecular complexity index is 119. The van der Waals surface area contributed by atoms with Gasteiger partial charge in [-0.2, -0.15) is 0 Å². The van der Waals surface area contributed by atoms with Gasteiger partial charge in [0.25, 0.3) is 0 Å². The Morgan fingerprint density at radius 1 is 1.22 bits per heavy atom. The van der Waals surface area contributed by atoms with Crippen molar-refractivity contribution in [2.24, 2.45) is 0 Å². The van der Waals surface area contributed by atoms with Crippen molar-refractivity contribution in [1.29, 1.82) is 5.41 Å². The van der Waals surface area contributed by atoms with E-state index in [0.29, 0.717) is 5.71 Å². The molecule has 0 bridgehead atoms. The van der Waals surface area contributed by atoms with Gasteiger partial charge in [0.2, 0.25) is 5.92 Å². The molecule has 0 radical (unpaired) electrons. The standard InChI is InChI=1S/C6H9F2N/c7-6(8)3-1-5(9)2-4-6/h9H,1-4H2. The van der Waals surface area contributed by atoms with Crippen LogP contribution in [0.5, 0.6) is 0 Å². The molecular weight excluding hydrogens is 124 g/mol. The van der Waals surface area contributed by atoms with Crippen LogP contribution in [0.3, 0.4) is 0 Å². The van der Waals surface area contributed by atoms with Crippen LogP contribution in [0.25, 0.3) is 0 Å². The predicted octanol–water partition coefficient (Wildman–Crippen LogP) is 2.22. The molecule has 1 aliphatic carbocycles. The van der Waals surface area contributed by atoms with E-state index in [4.69, 9.17) is 5.41 Å². The van der Waals surface area contributed by atoms with Gasteiger partial charge in [0.1, 0.15) is 0 Å². The fourth-order valence-electron chi connectivity index (χ4n) is 0.918. The minimum absolute atomic E-state index is 0.119. The third-order valence-electron chi connectivity index (χ3n) is 1.59. The summed E-state index contributed by atoms with van der Waals surface area (Å²) in [6.07, 6.45) is 0.331. The van der Waals surface area contributed by atoms with Crippen molar-refractivity contribution in [2.75, 3.05) is 0 Å². The van der Waals surface area contributed by atoms with Crippen molar-refractivity contribution in [3.05, 3.63) is 0 Å². The maximum absolute atomic E-state index is 12.3. The molecule has 0 saturated heterocycles. The molecule has 0 aromatic rings. The molecule has 1 fully saturated rings. The molecule has 1 saturated carbocycles. The van der Waals surface area contributed by atoms with Gasteiger partial charge in [0.05, 0.1) is 0 Å². The zero-order valence-corrected chi connectivity index (χ0v) is 5.08. The largest absolute Gasteiger partial charge is 0.310 e. The van der Waals surface area contributed by atoms with Crippen LogP contribution < -0.4 is 0 Å². The first kappa shape index (κ1) is 6.65. The van der Waals surface area contributed by atoms with Gasteiger partial charge < -0.3 is 5.41 Å². The summed E-state index contributed by atoms with van der Waals surface area (Å²) in [4.78, 5) is 0. The third kappa shape index (κ3) is 1.73. The molecule has 0 atom stereocenters. The second-order valence-corrected chi connectivity index (χ2v) is 2.46. The summed E-state index contributed by atoms with van der Waals surface area (Å²) in [7, 11) is 0. The Morgan fingerprint density at radius 3 is 2.00 bits per heavy atom. The maximum Gasteiger partial charge on any atom is 0.248 e. The van der Waals surface area contributed by atoms with E-state index >= 15 is 0 Å². The van der Waals surface area contributed by atoms with E-state index in [1.807, 2.05) is 0 Å². The van der Waals surface area contributed by atoms with Gasteiger partial charge in [0, 0.05) is 18.6 Å². The third-order valence-corrected chi connectivity index (χ3v) is 1.59. The Balaban J connectivity index is 2.44. The SMILES string of the molecule is N=C1CCC(F)(F)CC1. The lowest BCUT2D eigenvalue weighted by atomic mass is 9.95. The van der Waals surface area contributed by atoms with E-state index in [2.05, 4.69) is 0 Å². The number of hydrogen-bond donors (Lipinski definition) is 1. The average molecular weight is 133 g/mol. The highest BCUT2D eigenvalue weighted by molar-refractivity contribution is 5.82. The quantitative estimate of drug-likeness (QED) is 0.524. The molecule has 0 spiro atoms. The lowest BCUT2D eigenvalue weighted by molar-refractivity contribution is -0.0182. The Hall–Kier alpha value is -0.470. The first-order valence-electron chi connectivity index (χ1n) is 3.04. The molecule has 52 valence electrons. The molecule has 0 aromatic heterocycles. The van der Waals surface area contributed by atoms with E-state index in [-0.39, 0.29) is 25.7 Å². The summed E-state index contributed by atoms with van der Waals surface area (Å²) in [6.45, 7) is 0. The van der Waals surface area contributed by atoms with Crippen LogP contribution in [-0.2, 0) is 0 Å². The highest BCUT2D eigenvalue weighted by Crippen LogP contribution is 2.30. The number of nitrogens with one attached hydrogen (secondary N) is 1. The van der Waals surface area contributed by atoms with Gasteiger partial charge in [-0.3, -0.25) is 0 Å². The molecule has 0 unspecified atom stereocenters. The first-order valence-corrected chi connectivity index (χ1v) is 3.04. The van der Waals surface area contributed by atoms with Crippen molar-refractivity contribution in [1.82, 2.24) is 0 Å². The fraction of sp³-hybridized carbons (Fsp3) is 0.833. The van der Waals surface area contributed by atoms with E-state index in [1.54, 1.807) is 0 Å². The van der Waals surface area contributed by atoms with Crippen LogP contribution in [0.1, 0.15) is 25.7 Å².